The lowest BCUT2D eigenvalue weighted by Crippen LogP contribution is -2.38. The van der Waals surface area contributed by atoms with Gasteiger partial charge in [-0.05, 0) is 38.1 Å². The van der Waals surface area contributed by atoms with Gasteiger partial charge in [0.2, 0.25) is 10.0 Å². The second-order valence-corrected chi connectivity index (χ2v) is 6.34. The van der Waals surface area contributed by atoms with Gasteiger partial charge in [0.15, 0.2) is 0 Å². The molecule has 0 heterocycles. The van der Waals surface area contributed by atoms with Gasteiger partial charge < -0.3 is 9.84 Å². The molecule has 0 aliphatic heterocycles. The lowest BCUT2D eigenvalue weighted by atomic mass is 10.3. The second kappa shape index (κ2) is 6.63. The maximum absolute atomic E-state index is 12.3. The maximum atomic E-state index is 12.3. The highest BCUT2D eigenvalue weighted by molar-refractivity contribution is 7.89. The molecule has 0 atom stereocenters. The van der Waals surface area contributed by atoms with Gasteiger partial charge in [-0.15, -0.1) is 13.2 Å². The fourth-order valence-corrected chi connectivity index (χ4v) is 3.33. The van der Waals surface area contributed by atoms with E-state index in [4.69, 9.17) is 5.11 Å². The Kier molecular flexibility index (Phi) is 5.60. The number of aliphatic hydroxyl groups excluding tert-OH is 1. The van der Waals surface area contributed by atoms with E-state index >= 15 is 0 Å². The van der Waals surface area contributed by atoms with Gasteiger partial charge in [0, 0.05) is 12.6 Å². The van der Waals surface area contributed by atoms with Gasteiger partial charge in [0.25, 0.3) is 0 Å². The van der Waals surface area contributed by atoms with E-state index in [1.165, 1.54) is 0 Å². The zero-order valence-electron chi connectivity index (χ0n) is 11.5. The number of hydrogen-bond acceptors (Lipinski definition) is 4. The monoisotopic (exact) mass is 327 g/mol. The van der Waals surface area contributed by atoms with Crippen molar-refractivity contribution in [1.29, 1.82) is 0 Å². The van der Waals surface area contributed by atoms with Crippen LogP contribution in [0.5, 0.6) is 5.75 Å². The molecule has 9 heteroatoms. The Hall–Kier alpha value is -1.32. The van der Waals surface area contributed by atoms with Crippen molar-refractivity contribution in [3.8, 4) is 5.75 Å². The van der Waals surface area contributed by atoms with Crippen molar-refractivity contribution in [3.05, 3.63) is 24.3 Å². The number of alkyl halides is 3. The molecule has 0 amide bonds. The molecule has 0 aliphatic rings. The van der Waals surface area contributed by atoms with Crippen molar-refractivity contribution < 1.29 is 31.4 Å². The topological polar surface area (TPSA) is 66.8 Å². The van der Waals surface area contributed by atoms with E-state index in [1.54, 1.807) is 13.8 Å². The summed E-state index contributed by atoms with van der Waals surface area (Å²) in [5.74, 6) is -0.500. The lowest BCUT2D eigenvalue weighted by Gasteiger charge is -2.25. The summed E-state index contributed by atoms with van der Waals surface area (Å²) < 4.78 is 65.5. The molecule has 0 aromatic heterocycles. The molecule has 0 fully saturated rings. The molecule has 0 spiro atoms. The van der Waals surface area contributed by atoms with Gasteiger partial charge >= 0.3 is 6.36 Å². The van der Waals surface area contributed by atoms with Gasteiger partial charge in [-0.1, -0.05) is 0 Å². The number of nitrogens with zero attached hydrogens (tertiary/aromatic N) is 1. The van der Waals surface area contributed by atoms with Crippen molar-refractivity contribution in [2.75, 3.05) is 13.2 Å². The summed E-state index contributed by atoms with van der Waals surface area (Å²) in [5.41, 5.74) is 0. The normalized spacial score (nSPS) is 13.0. The van der Waals surface area contributed by atoms with Crippen molar-refractivity contribution >= 4 is 10.0 Å². The molecular formula is C12H16F3NO4S. The Labute approximate surface area is 121 Å². The molecule has 120 valence electrons. The Bertz CT molecular complexity index is 555. The molecule has 1 N–H and O–H groups in total. The van der Waals surface area contributed by atoms with Crippen LogP contribution in [0.25, 0.3) is 0 Å². The van der Waals surface area contributed by atoms with Crippen molar-refractivity contribution in [1.82, 2.24) is 4.31 Å². The summed E-state index contributed by atoms with van der Waals surface area (Å²) in [5, 5.41) is 8.92. The minimum absolute atomic E-state index is 0.0964. The molecule has 21 heavy (non-hydrogen) atoms. The molecule has 0 aliphatic carbocycles. The van der Waals surface area contributed by atoms with E-state index in [0.29, 0.717) is 0 Å². The summed E-state index contributed by atoms with van der Waals surface area (Å²) in [7, 11) is -3.89. The first kappa shape index (κ1) is 17.7. The van der Waals surface area contributed by atoms with Crippen molar-refractivity contribution in [2.24, 2.45) is 0 Å². The smallest absolute Gasteiger partial charge is 0.406 e. The highest BCUT2D eigenvalue weighted by Gasteiger charge is 2.31. The van der Waals surface area contributed by atoms with Crippen LogP contribution in [-0.2, 0) is 10.0 Å². The zero-order valence-corrected chi connectivity index (χ0v) is 12.3. The van der Waals surface area contributed by atoms with Gasteiger partial charge in [-0.3, -0.25) is 0 Å². The fraction of sp³-hybridized carbons (Fsp3) is 0.500. The largest absolute Gasteiger partial charge is 0.573 e. The number of hydrogen-bond donors (Lipinski definition) is 1. The molecule has 0 bridgehead atoms. The van der Waals surface area contributed by atoms with E-state index in [9.17, 15) is 21.6 Å². The van der Waals surface area contributed by atoms with Crippen LogP contribution in [-0.4, -0.2) is 43.4 Å². The average molecular weight is 327 g/mol. The van der Waals surface area contributed by atoms with Crippen molar-refractivity contribution in [3.63, 3.8) is 0 Å². The first-order valence-corrected chi connectivity index (χ1v) is 7.50. The number of aliphatic hydroxyl groups is 1. The molecule has 0 unspecified atom stereocenters. The molecule has 0 saturated carbocycles. The SMILES string of the molecule is CC(C)N(CCO)S(=O)(=O)c1ccc(OC(F)(F)F)cc1. The van der Waals surface area contributed by atoms with Crippen LogP contribution in [0.15, 0.2) is 29.2 Å². The van der Waals surface area contributed by atoms with Crippen LogP contribution in [0.2, 0.25) is 0 Å². The second-order valence-electron chi connectivity index (χ2n) is 4.45. The summed E-state index contributed by atoms with van der Waals surface area (Å²) >= 11 is 0. The van der Waals surface area contributed by atoms with E-state index in [2.05, 4.69) is 4.74 Å². The van der Waals surface area contributed by atoms with E-state index in [1.807, 2.05) is 0 Å². The third-order valence-corrected chi connectivity index (χ3v) is 4.65. The Morgan fingerprint density at radius 2 is 1.76 bits per heavy atom. The zero-order chi connectivity index (χ0) is 16.3. The minimum atomic E-state index is -4.83. The summed E-state index contributed by atoms with van der Waals surface area (Å²) in [4.78, 5) is -0.167. The summed E-state index contributed by atoms with van der Waals surface area (Å²) in [6.07, 6.45) is -4.83. The predicted octanol–water partition coefficient (Wildman–Crippen LogP) is 1.98. The number of halogens is 3. The van der Waals surface area contributed by atoms with Crippen LogP contribution in [0, 0.1) is 0 Å². The number of sulfonamides is 1. The maximum Gasteiger partial charge on any atom is 0.573 e. The molecule has 0 radical (unpaired) electrons. The van der Waals surface area contributed by atoms with Crippen LogP contribution in [0.3, 0.4) is 0 Å². The highest BCUT2D eigenvalue weighted by Crippen LogP contribution is 2.25. The number of ether oxygens (including phenoxy) is 1. The number of rotatable bonds is 6. The third-order valence-electron chi connectivity index (χ3n) is 2.56. The minimum Gasteiger partial charge on any atom is -0.406 e. The first-order chi connectivity index (χ1) is 9.58. The molecular weight excluding hydrogens is 311 g/mol. The number of benzene rings is 1. The lowest BCUT2D eigenvalue weighted by molar-refractivity contribution is -0.274. The molecule has 5 nitrogen and oxygen atoms in total. The van der Waals surface area contributed by atoms with Crippen LogP contribution in [0.1, 0.15) is 13.8 Å². The average Bonchev–Trinajstić information content (AvgIpc) is 2.34. The Morgan fingerprint density at radius 3 is 2.14 bits per heavy atom. The van der Waals surface area contributed by atoms with Gasteiger partial charge in [0.05, 0.1) is 11.5 Å². The van der Waals surface area contributed by atoms with Gasteiger partial charge in [-0.2, -0.15) is 4.31 Å². The summed E-state index contributed by atoms with van der Waals surface area (Å²) in [6.45, 7) is 2.82. The molecule has 0 saturated heterocycles. The van der Waals surface area contributed by atoms with Gasteiger partial charge in [0.1, 0.15) is 5.75 Å². The molecule has 1 aromatic rings. The predicted molar refractivity (Wildman–Crippen MR) is 69.2 cm³/mol. The Morgan fingerprint density at radius 1 is 1.24 bits per heavy atom. The van der Waals surface area contributed by atoms with E-state index in [0.717, 1.165) is 28.6 Å². The van der Waals surface area contributed by atoms with Gasteiger partial charge in [-0.25, -0.2) is 8.42 Å². The van der Waals surface area contributed by atoms with Crippen LogP contribution >= 0.6 is 0 Å². The summed E-state index contributed by atoms with van der Waals surface area (Å²) in [6, 6.07) is 3.52. The third kappa shape index (κ3) is 4.87. The fourth-order valence-electron chi connectivity index (χ4n) is 1.70. The van der Waals surface area contributed by atoms with Crippen molar-refractivity contribution in [2.45, 2.75) is 31.1 Å². The van der Waals surface area contributed by atoms with Crippen LogP contribution in [0.4, 0.5) is 13.2 Å². The van der Waals surface area contributed by atoms with E-state index in [-0.39, 0.29) is 18.0 Å². The van der Waals surface area contributed by atoms with E-state index < -0.39 is 28.2 Å². The molecule has 1 aromatic carbocycles. The first-order valence-electron chi connectivity index (χ1n) is 6.06. The Balaban J connectivity index is 3.04. The van der Waals surface area contributed by atoms with Crippen LogP contribution < -0.4 is 4.74 Å². The standard InChI is InChI=1S/C12H16F3NO4S/c1-9(2)16(7-8-17)21(18,19)11-5-3-10(4-6-11)20-12(13,14)15/h3-6,9,17H,7-8H2,1-2H3. The highest BCUT2D eigenvalue weighted by atomic mass is 32.2. The quantitative estimate of drug-likeness (QED) is 0.867. The molecule has 1 rings (SSSR count).